The van der Waals surface area contributed by atoms with Gasteiger partial charge in [0.15, 0.2) is 0 Å². The average Bonchev–Trinajstić information content (AvgIpc) is 2.48. The summed E-state index contributed by atoms with van der Waals surface area (Å²) in [6.45, 7) is 9.76. The van der Waals surface area contributed by atoms with Crippen LogP contribution in [0.15, 0.2) is 24.3 Å². The fourth-order valence-corrected chi connectivity index (χ4v) is 2.97. The summed E-state index contributed by atoms with van der Waals surface area (Å²) in [4.78, 5) is 2.35. The molecule has 0 aromatic heterocycles. The first-order valence-electron chi connectivity index (χ1n) is 7.19. The van der Waals surface area contributed by atoms with Crippen LogP contribution in [0.2, 0.25) is 5.02 Å². The number of benzene rings is 1. The Kier molecular flexibility index (Phi) is 5.51. The average molecular weight is 311 g/mol. The second-order valence-corrected chi connectivity index (χ2v) is 5.88. The summed E-state index contributed by atoms with van der Waals surface area (Å²) in [5, 5.41) is 14.1. The van der Waals surface area contributed by atoms with Gasteiger partial charge < -0.3 is 15.2 Å². The minimum absolute atomic E-state index is 0.0262. The van der Waals surface area contributed by atoms with E-state index in [-0.39, 0.29) is 11.8 Å². The Labute approximate surface area is 131 Å². The van der Waals surface area contributed by atoms with Crippen molar-refractivity contribution in [3.05, 3.63) is 34.9 Å². The molecule has 0 unspecified atom stereocenters. The predicted molar refractivity (Wildman–Crippen MR) is 86.3 cm³/mol. The zero-order valence-electron chi connectivity index (χ0n) is 12.7. The lowest BCUT2D eigenvalue weighted by Gasteiger charge is -2.36. The molecule has 1 atom stereocenters. The van der Waals surface area contributed by atoms with E-state index < -0.39 is 0 Å². The van der Waals surface area contributed by atoms with Gasteiger partial charge in [-0.2, -0.15) is 0 Å². The molecule has 1 aromatic carbocycles. The number of ether oxygens (including phenoxy) is 1. The maximum Gasteiger partial charge on any atom is 0.142 e. The molecule has 5 heteroatoms. The number of phenols is 1. The number of hydrogen-bond donors (Lipinski definition) is 2. The van der Waals surface area contributed by atoms with Crippen molar-refractivity contribution in [3.63, 3.8) is 0 Å². The fourth-order valence-electron chi connectivity index (χ4n) is 2.80. The highest BCUT2D eigenvalue weighted by molar-refractivity contribution is 6.32. The molecular formula is C16H23ClN2O2. The van der Waals surface area contributed by atoms with Gasteiger partial charge in [0.1, 0.15) is 11.5 Å². The van der Waals surface area contributed by atoms with E-state index in [1.54, 1.807) is 13.2 Å². The first kappa shape index (κ1) is 16.1. The number of rotatable bonds is 5. The fraction of sp³-hybridized carbons (Fsp3) is 0.500. The predicted octanol–water partition coefficient (Wildman–Crippen LogP) is 2.97. The zero-order valence-corrected chi connectivity index (χ0v) is 13.4. The van der Waals surface area contributed by atoms with Crippen LogP contribution in [0, 0.1) is 0 Å². The third-order valence-corrected chi connectivity index (χ3v) is 4.12. The molecule has 0 aliphatic carbocycles. The number of nitrogens with zero attached hydrogens (tertiary/aromatic N) is 1. The molecule has 1 fully saturated rings. The smallest absolute Gasteiger partial charge is 0.142 e. The number of piperazine rings is 1. The van der Waals surface area contributed by atoms with Crippen molar-refractivity contribution < 1.29 is 9.84 Å². The molecule has 4 nitrogen and oxygen atoms in total. The van der Waals surface area contributed by atoms with Gasteiger partial charge in [-0.1, -0.05) is 17.2 Å². The first-order chi connectivity index (χ1) is 10.0. The van der Waals surface area contributed by atoms with E-state index in [9.17, 15) is 5.11 Å². The van der Waals surface area contributed by atoms with Gasteiger partial charge >= 0.3 is 0 Å². The lowest BCUT2D eigenvalue weighted by atomic mass is 9.96. The summed E-state index contributed by atoms with van der Waals surface area (Å²) in [5.74, 6) is 0.780. The lowest BCUT2D eigenvalue weighted by molar-refractivity contribution is 0.167. The largest absolute Gasteiger partial charge is 0.506 e. The number of methoxy groups -OCH3 is 1. The Morgan fingerprint density at radius 2 is 2.14 bits per heavy atom. The number of halogens is 1. The van der Waals surface area contributed by atoms with Crippen LogP contribution >= 0.6 is 11.6 Å². The van der Waals surface area contributed by atoms with Gasteiger partial charge in [-0.25, -0.2) is 0 Å². The van der Waals surface area contributed by atoms with Gasteiger partial charge in [0.25, 0.3) is 0 Å². The van der Waals surface area contributed by atoms with E-state index >= 15 is 0 Å². The van der Waals surface area contributed by atoms with Crippen molar-refractivity contribution in [2.24, 2.45) is 0 Å². The van der Waals surface area contributed by atoms with Crippen LogP contribution in [0.5, 0.6) is 11.5 Å². The van der Waals surface area contributed by atoms with Crippen LogP contribution in [-0.2, 0) is 0 Å². The minimum Gasteiger partial charge on any atom is -0.506 e. The van der Waals surface area contributed by atoms with Gasteiger partial charge in [0.2, 0.25) is 0 Å². The van der Waals surface area contributed by atoms with Crippen LogP contribution in [0.25, 0.3) is 0 Å². The molecule has 116 valence electrons. The zero-order chi connectivity index (χ0) is 15.4. The van der Waals surface area contributed by atoms with Crippen molar-refractivity contribution >= 4 is 11.6 Å². The Morgan fingerprint density at radius 1 is 1.48 bits per heavy atom. The molecule has 1 aliphatic rings. The Balaban J connectivity index is 2.44. The number of phenolic OH excluding ortho intramolecular Hbond substituents is 1. The molecule has 0 saturated carbocycles. The van der Waals surface area contributed by atoms with E-state index in [0.717, 1.165) is 43.7 Å². The molecule has 1 saturated heterocycles. The summed E-state index contributed by atoms with van der Waals surface area (Å²) in [7, 11) is 1.61. The Hall–Kier alpha value is -1.23. The maximum atomic E-state index is 10.4. The molecule has 2 rings (SSSR count). The second kappa shape index (κ2) is 7.16. The van der Waals surface area contributed by atoms with Crippen molar-refractivity contribution in [1.29, 1.82) is 0 Å². The quantitative estimate of drug-likeness (QED) is 0.821. The Bertz CT molecular complexity index is 513. The number of hydrogen-bond acceptors (Lipinski definition) is 4. The van der Waals surface area contributed by atoms with Crippen molar-refractivity contribution in [3.8, 4) is 11.5 Å². The SMILES string of the molecule is C=C(C)C[C@H](c1c(OC)ccc(Cl)c1O)N1CCNCC1. The molecule has 1 aliphatic heterocycles. The van der Waals surface area contributed by atoms with Crippen molar-refractivity contribution in [1.82, 2.24) is 10.2 Å². The third-order valence-electron chi connectivity index (χ3n) is 3.82. The van der Waals surface area contributed by atoms with E-state index in [0.29, 0.717) is 10.8 Å². The summed E-state index contributed by atoms with van der Waals surface area (Å²) in [6.07, 6.45) is 0.768. The summed E-state index contributed by atoms with van der Waals surface area (Å²) >= 11 is 6.10. The van der Waals surface area contributed by atoms with E-state index in [4.69, 9.17) is 16.3 Å². The van der Waals surface area contributed by atoms with E-state index in [1.807, 2.05) is 13.0 Å². The van der Waals surface area contributed by atoms with Crippen molar-refractivity contribution in [2.75, 3.05) is 33.3 Å². The normalized spacial score (nSPS) is 17.5. The summed E-state index contributed by atoms with van der Waals surface area (Å²) in [5.41, 5.74) is 1.83. The lowest BCUT2D eigenvalue weighted by Crippen LogP contribution is -2.45. The van der Waals surface area contributed by atoms with Crippen LogP contribution in [0.3, 0.4) is 0 Å². The summed E-state index contributed by atoms with van der Waals surface area (Å²) < 4.78 is 5.44. The van der Waals surface area contributed by atoms with Crippen LogP contribution < -0.4 is 10.1 Å². The number of nitrogens with one attached hydrogen (secondary N) is 1. The number of aromatic hydroxyl groups is 1. The first-order valence-corrected chi connectivity index (χ1v) is 7.57. The standard InChI is InChI=1S/C16H23ClN2O2/c1-11(2)10-13(19-8-6-18-7-9-19)15-14(21-3)5-4-12(17)16(15)20/h4-5,13,18,20H,1,6-10H2,2-3H3/t13-/m1/s1. The van der Waals surface area contributed by atoms with Gasteiger partial charge in [0, 0.05) is 32.2 Å². The highest BCUT2D eigenvalue weighted by Crippen LogP contribution is 2.43. The van der Waals surface area contributed by atoms with E-state index in [1.165, 1.54) is 0 Å². The molecular weight excluding hydrogens is 288 g/mol. The molecule has 1 heterocycles. The summed E-state index contributed by atoms with van der Waals surface area (Å²) in [6, 6.07) is 3.50. The maximum absolute atomic E-state index is 10.4. The van der Waals surface area contributed by atoms with Crippen LogP contribution in [0.4, 0.5) is 0 Å². The monoisotopic (exact) mass is 310 g/mol. The molecule has 2 N–H and O–H groups in total. The topological polar surface area (TPSA) is 44.7 Å². The molecule has 0 spiro atoms. The molecule has 21 heavy (non-hydrogen) atoms. The van der Waals surface area contributed by atoms with Gasteiger partial charge in [0.05, 0.1) is 17.7 Å². The Morgan fingerprint density at radius 3 is 2.71 bits per heavy atom. The van der Waals surface area contributed by atoms with Crippen LogP contribution in [0.1, 0.15) is 24.9 Å². The second-order valence-electron chi connectivity index (χ2n) is 5.47. The highest BCUT2D eigenvalue weighted by Gasteiger charge is 2.28. The van der Waals surface area contributed by atoms with Gasteiger partial charge in [-0.05, 0) is 25.5 Å². The minimum atomic E-state index is 0.0262. The molecule has 0 amide bonds. The third kappa shape index (κ3) is 3.70. The van der Waals surface area contributed by atoms with Gasteiger partial charge in [-0.3, -0.25) is 4.90 Å². The molecule has 0 bridgehead atoms. The molecule has 1 aromatic rings. The van der Waals surface area contributed by atoms with E-state index in [2.05, 4.69) is 16.8 Å². The van der Waals surface area contributed by atoms with Gasteiger partial charge in [-0.15, -0.1) is 6.58 Å². The van der Waals surface area contributed by atoms with Crippen molar-refractivity contribution in [2.45, 2.75) is 19.4 Å². The highest BCUT2D eigenvalue weighted by atomic mass is 35.5. The molecule has 0 radical (unpaired) electrons. The van der Waals surface area contributed by atoms with Crippen LogP contribution in [-0.4, -0.2) is 43.3 Å².